The number of para-hydroxylation sites is 1. The molecule has 1 atom stereocenters. The van der Waals surface area contributed by atoms with Gasteiger partial charge in [0.25, 0.3) is 5.91 Å². The topological polar surface area (TPSA) is 116 Å². The van der Waals surface area contributed by atoms with E-state index in [4.69, 9.17) is 9.15 Å². The van der Waals surface area contributed by atoms with Gasteiger partial charge in [-0.25, -0.2) is 0 Å². The van der Waals surface area contributed by atoms with E-state index in [0.29, 0.717) is 44.8 Å². The Morgan fingerprint density at radius 3 is 2.62 bits per heavy atom. The van der Waals surface area contributed by atoms with Gasteiger partial charge in [0.15, 0.2) is 0 Å². The van der Waals surface area contributed by atoms with Crippen molar-refractivity contribution < 1.29 is 18.7 Å². The summed E-state index contributed by atoms with van der Waals surface area (Å²) in [5.41, 5.74) is 3.46. The van der Waals surface area contributed by atoms with Crippen LogP contribution in [0.1, 0.15) is 24.2 Å². The number of hydrogen-bond donors (Lipinski definition) is 3. The van der Waals surface area contributed by atoms with E-state index in [-0.39, 0.29) is 17.6 Å². The van der Waals surface area contributed by atoms with Crippen LogP contribution in [0, 0.1) is 18.3 Å². The van der Waals surface area contributed by atoms with Gasteiger partial charge in [-0.2, -0.15) is 5.26 Å². The number of dihydropyridines is 1. The van der Waals surface area contributed by atoms with E-state index in [1.54, 1.807) is 50.4 Å². The molecule has 4 rings (SSSR count). The number of nitrogens with zero attached hydrogens (tertiary/aromatic N) is 1. The van der Waals surface area contributed by atoms with Crippen LogP contribution >= 0.6 is 11.8 Å². The molecular weight excluding hydrogens is 488 g/mol. The summed E-state index contributed by atoms with van der Waals surface area (Å²) >= 11 is 1.19. The van der Waals surface area contributed by atoms with Crippen molar-refractivity contribution in [2.24, 2.45) is 0 Å². The minimum absolute atomic E-state index is 0.0492. The van der Waals surface area contributed by atoms with Crippen molar-refractivity contribution in [1.82, 2.24) is 5.32 Å². The second kappa shape index (κ2) is 11.5. The molecule has 9 heteroatoms. The van der Waals surface area contributed by atoms with Gasteiger partial charge >= 0.3 is 0 Å². The summed E-state index contributed by atoms with van der Waals surface area (Å²) in [6.07, 6.45) is 1.51. The van der Waals surface area contributed by atoms with Crippen molar-refractivity contribution in [2.75, 3.05) is 23.5 Å². The van der Waals surface area contributed by atoms with E-state index in [9.17, 15) is 14.9 Å². The Bertz CT molecular complexity index is 1420. The predicted molar refractivity (Wildman–Crippen MR) is 144 cm³/mol. The number of anilines is 2. The van der Waals surface area contributed by atoms with Crippen LogP contribution in [0.3, 0.4) is 0 Å². The number of ether oxygens (including phenoxy) is 1. The molecule has 2 heterocycles. The number of methoxy groups -OCH3 is 1. The Hall–Kier alpha value is -4.42. The van der Waals surface area contributed by atoms with E-state index < -0.39 is 5.92 Å². The molecule has 1 aliphatic rings. The Kier molecular flexibility index (Phi) is 8.01. The third-order valence-electron chi connectivity index (χ3n) is 5.81. The van der Waals surface area contributed by atoms with E-state index in [2.05, 4.69) is 22.0 Å². The van der Waals surface area contributed by atoms with Gasteiger partial charge in [-0.15, -0.1) is 0 Å². The van der Waals surface area contributed by atoms with Crippen LogP contribution in [0.4, 0.5) is 11.4 Å². The third kappa shape index (κ3) is 5.88. The fourth-order valence-corrected chi connectivity index (χ4v) is 4.90. The molecule has 0 bridgehead atoms. The quantitative estimate of drug-likeness (QED) is 0.373. The number of carbonyl (C=O) groups excluding carboxylic acids is 2. The van der Waals surface area contributed by atoms with Crippen LogP contribution < -0.4 is 20.7 Å². The molecule has 8 nitrogen and oxygen atoms in total. The van der Waals surface area contributed by atoms with Crippen LogP contribution in [0.25, 0.3) is 0 Å². The maximum atomic E-state index is 13.5. The normalized spacial score (nSPS) is 15.0. The maximum absolute atomic E-state index is 13.5. The van der Waals surface area contributed by atoms with E-state index in [0.717, 1.165) is 5.56 Å². The lowest BCUT2D eigenvalue weighted by Crippen LogP contribution is -2.31. The molecule has 1 aliphatic heterocycles. The predicted octanol–water partition coefficient (Wildman–Crippen LogP) is 5.30. The highest BCUT2D eigenvalue weighted by Gasteiger charge is 2.36. The zero-order valence-electron chi connectivity index (χ0n) is 20.6. The smallest absolute Gasteiger partial charge is 0.254 e. The molecule has 0 saturated heterocycles. The number of nitrogens with one attached hydrogen (secondary N) is 3. The highest BCUT2D eigenvalue weighted by molar-refractivity contribution is 8.03. The van der Waals surface area contributed by atoms with Crippen molar-refractivity contribution >= 4 is 35.0 Å². The summed E-state index contributed by atoms with van der Waals surface area (Å²) < 4.78 is 10.9. The van der Waals surface area contributed by atoms with Crippen molar-refractivity contribution in [3.8, 4) is 11.8 Å². The first-order valence-corrected chi connectivity index (χ1v) is 12.5. The number of furan rings is 1. The molecule has 0 saturated carbocycles. The number of thioether (sulfide) groups is 1. The lowest BCUT2D eigenvalue weighted by molar-refractivity contribution is -0.114. The largest absolute Gasteiger partial charge is 0.497 e. The molecule has 0 spiro atoms. The van der Waals surface area contributed by atoms with Crippen molar-refractivity contribution in [1.29, 1.82) is 5.26 Å². The van der Waals surface area contributed by atoms with Crippen molar-refractivity contribution in [3.63, 3.8) is 0 Å². The van der Waals surface area contributed by atoms with E-state index >= 15 is 0 Å². The number of nitriles is 1. The average Bonchev–Trinajstić information content (AvgIpc) is 3.43. The van der Waals surface area contributed by atoms with Gasteiger partial charge < -0.3 is 25.1 Å². The third-order valence-corrected chi connectivity index (χ3v) is 6.83. The summed E-state index contributed by atoms with van der Waals surface area (Å²) in [5.74, 6) is -0.168. The number of aryl methyl sites for hydroxylation is 1. The average molecular weight is 515 g/mol. The fourth-order valence-electron chi connectivity index (χ4n) is 4.01. The summed E-state index contributed by atoms with van der Waals surface area (Å²) in [6, 6.07) is 20.2. The summed E-state index contributed by atoms with van der Waals surface area (Å²) in [6.45, 7) is 3.68. The Labute approximate surface area is 219 Å². The molecule has 37 heavy (non-hydrogen) atoms. The number of allylic oxidation sites excluding steroid dienone is 2. The van der Waals surface area contributed by atoms with Crippen LogP contribution in [-0.2, 0) is 9.59 Å². The summed E-state index contributed by atoms with van der Waals surface area (Å²) in [7, 11) is 1.56. The lowest BCUT2D eigenvalue weighted by atomic mass is 9.85. The van der Waals surface area contributed by atoms with Crippen molar-refractivity contribution in [2.45, 2.75) is 19.8 Å². The van der Waals surface area contributed by atoms with Crippen LogP contribution in [0.5, 0.6) is 5.75 Å². The molecule has 188 valence electrons. The van der Waals surface area contributed by atoms with Gasteiger partial charge in [-0.3, -0.25) is 9.59 Å². The number of hydrogen-bond acceptors (Lipinski definition) is 7. The maximum Gasteiger partial charge on any atom is 0.254 e. The Balaban J connectivity index is 1.57. The first-order chi connectivity index (χ1) is 17.9. The zero-order chi connectivity index (χ0) is 26.4. The van der Waals surface area contributed by atoms with Crippen LogP contribution in [0.2, 0.25) is 0 Å². The molecule has 3 N–H and O–H groups in total. The van der Waals surface area contributed by atoms with Gasteiger partial charge in [0.2, 0.25) is 5.91 Å². The number of benzene rings is 2. The van der Waals surface area contributed by atoms with Gasteiger partial charge in [0, 0.05) is 23.1 Å². The summed E-state index contributed by atoms with van der Waals surface area (Å²) in [4.78, 5) is 26.1. The second-order valence-corrected chi connectivity index (χ2v) is 9.29. The monoisotopic (exact) mass is 514 g/mol. The number of amides is 2. The van der Waals surface area contributed by atoms with E-state index in [1.165, 1.54) is 18.0 Å². The van der Waals surface area contributed by atoms with Gasteiger partial charge in [0.1, 0.15) is 11.5 Å². The Morgan fingerprint density at radius 1 is 1.11 bits per heavy atom. The molecule has 3 aromatic rings. The Morgan fingerprint density at radius 2 is 1.92 bits per heavy atom. The fraction of sp³-hybridized carbons (Fsp3) is 0.179. The minimum Gasteiger partial charge on any atom is -0.497 e. The van der Waals surface area contributed by atoms with Gasteiger partial charge in [-0.05, 0) is 49.7 Å². The van der Waals surface area contributed by atoms with Crippen molar-refractivity contribution in [3.05, 3.63) is 100 Å². The second-order valence-electron chi connectivity index (χ2n) is 8.30. The van der Waals surface area contributed by atoms with Gasteiger partial charge in [0.05, 0.1) is 47.3 Å². The molecular formula is C28H26N4O4S. The van der Waals surface area contributed by atoms with Crippen LogP contribution in [0.15, 0.2) is 93.2 Å². The molecule has 1 aromatic heterocycles. The van der Waals surface area contributed by atoms with Crippen LogP contribution in [-0.4, -0.2) is 24.7 Å². The molecule has 0 unspecified atom stereocenters. The first-order valence-electron chi connectivity index (χ1n) is 11.5. The van der Waals surface area contributed by atoms with E-state index in [1.807, 2.05) is 31.2 Å². The molecule has 0 aliphatic carbocycles. The number of rotatable bonds is 8. The SMILES string of the molecule is COc1cccc(NC(=O)CSC2=C(C#N)[C@@H](c3ccco3)C(C(=O)Nc3ccccc3C)=C(C)N2)c1. The highest BCUT2D eigenvalue weighted by Crippen LogP contribution is 2.41. The molecule has 2 aromatic carbocycles. The molecule has 0 fully saturated rings. The first kappa shape index (κ1) is 25.7. The zero-order valence-corrected chi connectivity index (χ0v) is 21.4. The lowest BCUT2D eigenvalue weighted by Gasteiger charge is -2.28. The summed E-state index contributed by atoms with van der Waals surface area (Å²) in [5, 5.41) is 19.6. The molecule has 2 amide bonds. The van der Waals surface area contributed by atoms with Gasteiger partial charge in [-0.1, -0.05) is 36.0 Å². The minimum atomic E-state index is -0.728. The number of carbonyl (C=O) groups is 2. The highest BCUT2D eigenvalue weighted by atomic mass is 32.2. The molecule has 0 radical (unpaired) electrons. The standard InChI is InChI=1S/C28H26N4O4S/c1-17-8-4-5-11-22(17)32-27(34)25-18(2)30-28(21(15-29)26(25)23-12-7-13-36-23)37-16-24(33)31-19-9-6-10-20(14-19)35-3/h4-14,26,30H,16H2,1-3H3,(H,31,33)(H,32,34)/t26-/m0/s1.